The molecule has 1 saturated carbocycles. The van der Waals surface area contributed by atoms with E-state index in [1.54, 1.807) is 6.07 Å². The van der Waals surface area contributed by atoms with E-state index in [2.05, 4.69) is 4.72 Å². The Morgan fingerprint density at radius 1 is 1.37 bits per heavy atom. The first-order valence-corrected chi connectivity index (χ1v) is 8.37. The molecule has 6 heteroatoms. The Morgan fingerprint density at radius 2 is 2.11 bits per heavy atom. The highest BCUT2D eigenvalue weighted by Crippen LogP contribution is 2.29. The van der Waals surface area contributed by atoms with E-state index < -0.39 is 10.0 Å². The first kappa shape index (κ1) is 14.8. The second-order valence-corrected chi connectivity index (χ2v) is 7.11. The summed E-state index contributed by atoms with van der Waals surface area (Å²) in [6.45, 7) is 0.720. The first-order valence-electron chi connectivity index (χ1n) is 6.51. The summed E-state index contributed by atoms with van der Waals surface area (Å²) in [5, 5.41) is 0.496. The zero-order chi connectivity index (χ0) is 13.9. The van der Waals surface area contributed by atoms with E-state index in [-0.39, 0.29) is 11.4 Å². The van der Waals surface area contributed by atoms with Crippen LogP contribution in [0.1, 0.15) is 31.2 Å². The van der Waals surface area contributed by atoms with Crippen LogP contribution in [0.3, 0.4) is 0 Å². The molecule has 0 heterocycles. The van der Waals surface area contributed by atoms with Crippen molar-refractivity contribution in [3.05, 3.63) is 28.8 Å². The van der Waals surface area contributed by atoms with Gasteiger partial charge in [0.2, 0.25) is 10.0 Å². The molecule has 106 valence electrons. The number of nitrogens with two attached hydrogens (primary N) is 1. The van der Waals surface area contributed by atoms with Crippen LogP contribution in [0.4, 0.5) is 0 Å². The molecule has 2 rings (SSSR count). The maximum absolute atomic E-state index is 12.1. The van der Waals surface area contributed by atoms with Crippen LogP contribution in [0.5, 0.6) is 0 Å². The maximum atomic E-state index is 12.1. The predicted octanol–water partition coefficient (Wildman–Crippen LogP) is 2.27. The average Bonchev–Trinajstić information content (AvgIpc) is 2.32. The molecular formula is C13H19ClN2O2S. The lowest BCUT2D eigenvalue weighted by Gasteiger charge is -2.25. The summed E-state index contributed by atoms with van der Waals surface area (Å²) in [5.41, 5.74) is 6.17. The molecule has 1 aromatic carbocycles. The van der Waals surface area contributed by atoms with Gasteiger partial charge in [0, 0.05) is 18.1 Å². The zero-order valence-corrected chi connectivity index (χ0v) is 12.3. The molecule has 0 saturated heterocycles. The van der Waals surface area contributed by atoms with Gasteiger partial charge in [-0.25, -0.2) is 13.1 Å². The number of nitrogens with one attached hydrogen (secondary N) is 1. The molecule has 1 aliphatic carbocycles. The van der Waals surface area contributed by atoms with Crippen molar-refractivity contribution in [3.63, 3.8) is 0 Å². The lowest BCUT2D eigenvalue weighted by Crippen LogP contribution is -2.27. The van der Waals surface area contributed by atoms with Gasteiger partial charge in [0.15, 0.2) is 0 Å². The number of benzene rings is 1. The number of sulfonamides is 1. The van der Waals surface area contributed by atoms with Crippen molar-refractivity contribution in [2.45, 2.75) is 37.1 Å². The average molecular weight is 303 g/mol. The fraction of sp³-hybridized carbons (Fsp3) is 0.538. The second kappa shape index (κ2) is 6.22. The van der Waals surface area contributed by atoms with Gasteiger partial charge in [-0.2, -0.15) is 0 Å². The van der Waals surface area contributed by atoms with Crippen molar-refractivity contribution in [2.75, 3.05) is 6.54 Å². The third-order valence-electron chi connectivity index (χ3n) is 3.62. The van der Waals surface area contributed by atoms with Gasteiger partial charge in [0.1, 0.15) is 0 Å². The Labute approximate surface area is 119 Å². The Hall–Kier alpha value is -0.620. The van der Waals surface area contributed by atoms with E-state index in [0.29, 0.717) is 23.0 Å². The summed E-state index contributed by atoms with van der Waals surface area (Å²) in [7, 11) is -3.45. The molecule has 1 aromatic rings. The van der Waals surface area contributed by atoms with Crippen LogP contribution in [-0.2, 0) is 16.6 Å². The fourth-order valence-corrected chi connectivity index (χ4v) is 3.43. The van der Waals surface area contributed by atoms with E-state index in [9.17, 15) is 8.42 Å². The Balaban J connectivity index is 2.01. The molecule has 1 aliphatic rings. The van der Waals surface area contributed by atoms with Gasteiger partial charge in [-0.1, -0.05) is 30.9 Å². The second-order valence-electron chi connectivity index (χ2n) is 4.94. The molecule has 0 atom stereocenters. The van der Waals surface area contributed by atoms with E-state index >= 15 is 0 Å². The van der Waals surface area contributed by atoms with Gasteiger partial charge in [-0.05, 0) is 36.1 Å². The van der Waals surface area contributed by atoms with E-state index in [4.69, 9.17) is 17.3 Å². The number of hydrogen-bond acceptors (Lipinski definition) is 3. The van der Waals surface area contributed by atoms with Crippen LogP contribution >= 0.6 is 11.6 Å². The van der Waals surface area contributed by atoms with Crippen molar-refractivity contribution in [3.8, 4) is 0 Å². The summed E-state index contributed by atoms with van der Waals surface area (Å²) < 4.78 is 26.8. The molecule has 19 heavy (non-hydrogen) atoms. The third kappa shape index (κ3) is 3.69. The summed E-state index contributed by atoms with van der Waals surface area (Å²) in [6, 6.07) is 4.62. The van der Waals surface area contributed by atoms with Crippen molar-refractivity contribution >= 4 is 21.6 Å². The fourth-order valence-electron chi connectivity index (χ4n) is 2.14. The molecule has 1 fully saturated rings. The van der Waals surface area contributed by atoms with Crippen LogP contribution in [0.2, 0.25) is 5.02 Å². The van der Waals surface area contributed by atoms with Gasteiger partial charge in [-0.3, -0.25) is 0 Å². The normalized spacial score (nSPS) is 16.3. The smallest absolute Gasteiger partial charge is 0.240 e. The van der Waals surface area contributed by atoms with Crippen LogP contribution in [0.25, 0.3) is 0 Å². The Bertz CT molecular complexity index is 542. The summed E-state index contributed by atoms with van der Waals surface area (Å²) in [5.74, 6) is 0.688. The van der Waals surface area contributed by atoms with Crippen molar-refractivity contribution in [1.29, 1.82) is 0 Å². The van der Waals surface area contributed by atoms with Crippen molar-refractivity contribution in [2.24, 2.45) is 11.7 Å². The quantitative estimate of drug-likeness (QED) is 0.846. The summed E-state index contributed by atoms with van der Waals surface area (Å²) in [6.07, 6.45) is 4.63. The molecule has 0 bridgehead atoms. The van der Waals surface area contributed by atoms with Crippen LogP contribution in [0, 0.1) is 5.92 Å². The summed E-state index contributed by atoms with van der Waals surface area (Å²) >= 11 is 5.92. The standard InChI is InChI=1S/C13H19ClN2O2S/c14-13-5-4-12(8-11(13)9-15)19(17,18)16-7-6-10-2-1-3-10/h4-5,8,10,16H,1-3,6-7,9,15H2. The Kier molecular flexibility index (Phi) is 4.84. The van der Waals surface area contributed by atoms with Gasteiger partial charge in [0.25, 0.3) is 0 Å². The molecular weight excluding hydrogens is 284 g/mol. The molecule has 0 aliphatic heterocycles. The SMILES string of the molecule is NCc1cc(S(=O)(=O)NCCC2CCC2)ccc1Cl. The van der Waals surface area contributed by atoms with Crippen molar-refractivity contribution in [1.82, 2.24) is 4.72 Å². The lowest BCUT2D eigenvalue weighted by atomic mass is 9.83. The minimum absolute atomic E-state index is 0.226. The van der Waals surface area contributed by atoms with Crippen LogP contribution < -0.4 is 10.5 Å². The first-order chi connectivity index (χ1) is 9.03. The van der Waals surface area contributed by atoms with Crippen LogP contribution in [-0.4, -0.2) is 15.0 Å². The number of halogens is 1. The van der Waals surface area contributed by atoms with Gasteiger partial charge < -0.3 is 5.73 Å². The highest BCUT2D eigenvalue weighted by atomic mass is 35.5. The zero-order valence-electron chi connectivity index (χ0n) is 10.7. The number of rotatable bonds is 6. The highest BCUT2D eigenvalue weighted by molar-refractivity contribution is 7.89. The Morgan fingerprint density at radius 3 is 2.68 bits per heavy atom. The van der Waals surface area contributed by atoms with Crippen LogP contribution in [0.15, 0.2) is 23.1 Å². The molecule has 0 spiro atoms. The monoisotopic (exact) mass is 302 g/mol. The highest BCUT2D eigenvalue weighted by Gasteiger charge is 2.19. The van der Waals surface area contributed by atoms with E-state index in [0.717, 1.165) is 6.42 Å². The summed E-state index contributed by atoms with van der Waals surface area (Å²) in [4.78, 5) is 0.228. The molecule has 0 amide bonds. The van der Waals surface area contributed by atoms with Crippen molar-refractivity contribution < 1.29 is 8.42 Å². The minimum atomic E-state index is -3.45. The van der Waals surface area contributed by atoms with Gasteiger partial charge in [0.05, 0.1) is 4.90 Å². The predicted molar refractivity (Wildman–Crippen MR) is 76.5 cm³/mol. The largest absolute Gasteiger partial charge is 0.326 e. The molecule has 4 nitrogen and oxygen atoms in total. The molecule has 0 unspecified atom stereocenters. The molecule has 0 radical (unpaired) electrons. The topological polar surface area (TPSA) is 72.2 Å². The van der Waals surface area contributed by atoms with Gasteiger partial charge >= 0.3 is 0 Å². The molecule has 0 aromatic heterocycles. The van der Waals surface area contributed by atoms with E-state index in [1.807, 2.05) is 0 Å². The van der Waals surface area contributed by atoms with E-state index in [1.165, 1.54) is 31.4 Å². The maximum Gasteiger partial charge on any atom is 0.240 e. The lowest BCUT2D eigenvalue weighted by molar-refractivity contribution is 0.297. The molecule has 3 N–H and O–H groups in total. The number of hydrogen-bond donors (Lipinski definition) is 2. The minimum Gasteiger partial charge on any atom is -0.326 e. The third-order valence-corrected chi connectivity index (χ3v) is 5.44. The van der Waals surface area contributed by atoms with Gasteiger partial charge in [-0.15, -0.1) is 0 Å².